The number of nitrogens with one attached hydrogen (secondary N) is 2. The molecule has 4 heterocycles. The van der Waals surface area contributed by atoms with Crippen LogP contribution in [0, 0.1) is 11.8 Å². The van der Waals surface area contributed by atoms with E-state index in [1.54, 1.807) is 18.5 Å². The van der Waals surface area contributed by atoms with Gasteiger partial charge in [0.15, 0.2) is 0 Å². The summed E-state index contributed by atoms with van der Waals surface area (Å²) in [5, 5.41) is 7.12. The van der Waals surface area contributed by atoms with Gasteiger partial charge in [0.05, 0.1) is 24.3 Å². The fraction of sp³-hybridized carbons (Fsp3) is 0.344. The standard InChI is InChI=1S/C32H28F6N4O3/c1-3-16-15-42-7-6-17(16)8-25(42)26(24-14-39-13-18-4-5-22(45-2)12-23(18)24)41-28-27(29(43)30(28)44)40-21-10-19(31(33,34)35)9-20(11-21)32(36,37)38/h3-5,9-14,16-17,25-26,40-41H,1,6-8,15H2,2H3/t16-,17-,25-,26-/m0/s1. The predicted octanol–water partition coefficient (Wildman–Crippen LogP) is 6.67. The van der Waals surface area contributed by atoms with Crippen molar-refractivity contribution in [3.05, 3.63) is 98.6 Å². The number of benzene rings is 2. The zero-order valence-electron chi connectivity index (χ0n) is 23.9. The summed E-state index contributed by atoms with van der Waals surface area (Å²) in [6.45, 7) is 5.47. The lowest BCUT2D eigenvalue weighted by atomic mass is 9.73. The van der Waals surface area contributed by atoms with Gasteiger partial charge in [-0.25, -0.2) is 0 Å². The van der Waals surface area contributed by atoms with Gasteiger partial charge in [-0.15, -0.1) is 6.58 Å². The Morgan fingerprint density at radius 2 is 1.69 bits per heavy atom. The number of rotatable bonds is 8. The summed E-state index contributed by atoms with van der Waals surface area (Å²) >= 11 is 0. The van der Waals surface area contributed by atoms with Crippen molar-refractivity contribution in [2.24, 2.45) is 11.8 Å². The Bertz CT molecular complexity index is 1810. The molecule has 3 fully saturated rings. The first-order valence-corrected chi connectivity index (χ1v) is 14.2. The normalized spacial score (nSPS) is 22.4. The highest BCUT2D eigenvalue weighted by Crippen LogP contribution is 2.44. The molecule has 236 valence electrons. The highest BCUT2D eigenvalue weighted by atomic mass is 19.4. The van der Waals surface area contributed by atoms with Gasteiger partial charge in [0.2, 0.25) is 0 Å². The van der Waals surface area contributed by atoms with Gasteiger partial charge in [-0.2, -0.15) is 26.3 Å². The molecule has 2 bridgehead atoms. The monoisotopic (exact) mass is 630 g/mol. The van der Waals surface area contributed by atoms with Crippen molar-refractivity contribution in [1.82, 2.24) is 9.88 Å². The van der Waals surface area contributed by atoms with Crippen molar-refractivity contribution in [2.75, 3.05) is 30.8 Å². The molecule has 1 aromatic heterocycles. The number of nitrogens with zero attached hydrogens (tertiary/aromatic N) is 2. The van der Waals surface area contributed by atoms with Gasteiger partial charge in [0, 0.05) is 41.6 Å². The maximum Gasteiger partial charge on any atom is 0.416 e. The minimum absolute atomic E-state index is 0.00659. The maximum absolute atomic E-state index is 13.5. The second-order valence-corrected chi connectivity index (χ2v) is 11.5. The fourth-order valence-corrected chi connectivity index (χ4v) is 6.62. The van der Waals surface area contributed by atoms with Crippen LogP contribution in [-0.2, 0) is 12.4 Å². The van der Waals surface area contributed by atoms with Crippen LogP contribution in [0.1, 0.15) is 35.6 Å². The number of piperidine rings is 3. The quantitative estimate of drug-likeness (QED) is 0.128. The number of hydrogen-bond donors (Lipinski definition) is 2. The van der Waals surface area contributed by atoms with Crippen molar-refractivity contribution in [1.29, 1.82) is 0 Å². The lowest BCUT2D eigenvalue weighted by molar-refractivity contribution is -0.143. The molecule has 0 saturated carbocycles. The highest BCUT2D eigenvalue weighted by Gasteiger charge is 2.44. The number of halogens is 6. The number of fused-ring (bicyclic) bond motifs is 4. The van der Waals surface area contributed by atoms with E-state index >= 15 is 0 Å². The third kappa shape index (κ3) is 5.65. The van der Waals surface area contributed by atoms with Gasteiger partial charge in [-0.1, -0.05) is 6.08 Å². The van der Waals surface area contributed by atoms with Crippen molar-refractivity contribution < 1.29 is 31.1 Å². The number of aromatic nitrogens is 1. The third-order valence-electron chi connectivity index (χ3n) is 8.94. The van der Waals surface area contributed by atoms with E-state index in [4.69, 9.17) is 4.74 Å². The Morgan fingerprint density at radius 3 is 2.29 bits per heavy atom. The molecule has 3 aliphatic heterocycles. The molecule has 45 heavy (non-hydrogen) atoms. The highest BCUT2D eigenvalue weighted by molar-refractivity contribution is 5.87. The molecule has 4 aromatic rings. The molecule has 2 N–H and O–H groups in total. The van der Waals surface area contributed by atoms with Crippen LogP contribution in [0.15, 0.2) is 71.0 Å². The number of hydrogen-bond acceptors (Lipinski definition) is 7. The Balaban J connectivity index is 1.43. The lowest BCUT2D eigenvalue weighted by Gasteiger charge is -2.52. The van der Waals surface area contributed by atoms with E-state index < -0.39 is 51.8 Å². The number of alkyl halides is 6. The van der Waals surface area contributed by atoms with Crippen LogP contribution in [0.25, 0.3) is 10.8 Å². The van der Waals surface area contributed by atoms with E-state index in [9.17, 15) is 35.9 Å². The fourth-order valence-electron chi connectivity index (χ4n) is 6.62. The molecule has 0 aliphatic carbocycles. The second kappa shape index (κ2) is 11.2. The summed E-state index contributed by atoms with van der Waals surface area (Å²) in [4.78, 5) is 32.4. The molecule has 1 unspecified atom stereocenters. The lowest BCUT2D eigenvalue weighted by Crippen LogP contribution is -2.56. The smallest absolute Gasteiger partial charge is 0.416 e. The SMILES string of the molecule is C=C[C@H]1CN2CC[C@H]1C[C@H]2[C@@H](Nc1c(Nc2cc(C(F)(F)F)cc(C(F)(F)F)c2)c(=O)c1=O)c1cncc2ccc(OC)cc12. The van der Waals surface area contributed by atoms with E-state index in [2.05, 4.69) is 27.1 Å². The summed E-state index contributed by atoms with van der Waals surface area (Å²) in [7, 11) is 1.53. The predicted molar refractivity (Wildman–Crippen MR) is 158 cm³/mol. The van der Waals surface area contributed by atoms with E-state index in [1.807, 2.05) is 18.2 Å². The Kier molecular flexibility index (Phi) is 7.62. The van der Waals surface area contributed by atoms with Crippen LogP contribution in [0.2, 0.25) is 0 Å². The van der Waals surface area contributed by atoms with Crippen molar-refractivity contribution >= 4 is 27.8 Å². The van der Waals surface area contributed by atoms with Crippen LogP contribution in [0.4, 0.5) is 43.4 Å². The average Bonchev–Trinajstić information content (AvgIpc) is 3.03. The first-order valence-electron chi connectivity index (χ1n) is 14.2. The van der Waals surface area contributed by atoms with Gasteiger partial charge < -0.3 is 15.4 Å². The van der Waals surface area contributed by atoms with E-state index in [-0.39, 0.29) is 23.7 Å². The topological polar surface area (TPSA) is 83.6 Å². The van der Waals surface area contributed by atoms with Crippen LogP contribution in [0.3, 0.4) is 0 Å². The Labute approximate surface area is 253 Å². The van der Waals surface area contributed by atoms with Gasteiger partial charge >= 0.3 is 12.4 Å². The van der Waals surface area contributed by atoms with E-state index in [0.717, 1.165) is 36.7 Å². The summed E-state index contributed by atoms with van der Waals surface area (Å²) in [6, 6.07) is 5.56. The van der Waals surface area contributed by atoms with Gasteiger partial charge in [0.25, 0.3) is 10.9 Å². The zero-order chi connectivity index (χ0) is 32.3. The molecule has 3 saturated heterocycles. The Morgan fingerprint density at radius 1 is 1.00 bits per heavy atom. The molecule has 5 atom stereocenters. The average molecular weight is 631 g/mol. The minimum Gasteiger partial charge on any atom is -0.497 e. The number of ether oxygens (including phenoxy) is 1. The molecule has 0 amide bonds. The van der Waals surface area contributed by atoms with Gasteiger partial charge in [0.1, 0.15) is 17.1 Å². The largest absolute Gasteiger partial charge is 0.497 e. The summed E-state index contributed by atoms with van der Waals surface area (Å²) in [5.41, 5.74) is -5.67. The maximum atomic E-state index is 13.5. The zero-order valence-corrected chi connectivity index (χ0v) is 23.9. The molecule has 3 aromatic carbocycles. The van der Waals surface area contributed by atoms with Crippen LogP contribution in [-0.4, -0.2) is 36.1 Å². The van der Waals surface area contributed by atoms with E-state index in [0.29, 0.717) is 29.4 Å². The number of anilines is 3. The first kappa shape index (κ1) is 30.6. The van der Waals surface area contributed by atoms with Gasteiger partial charge in [-0.05, 0) is 73.0 Å². The molecule has 7 rings (SSSR count). The van der Waals surface area contributed by atoms with Crippen molar-refractivity contribution in [3.63, 3.8) is 0 Å². The number of methoxy groups -OCH3 is 1. The molecule has 0 spiro atoms. The summed E-state index contributed by atoms with van der Waals surface area (Å²) in [5.74, 6) is 1.16. The summed E-state index contributed by atoms with van der Waals surface area (Å²) < 4.78 is 86.4. The first-order chi connectivity index (χ1) is 21.3. The molecular weight excluding hydrogens is 602 g/mol. The third-order valence-corrected chi connectivity index (χ3v) is 8.94. The van der Waals surface area contributed by atoms with Gasteiger partial charge in [-0.3, -0.25) is 19.5 Å². The van der Waals surface area contributed by atoms with Crippen LogP contribution in [0.5, 0.6) is 5.75 Å². The van der Waals surface area contributed by atoms with Crippen molar-refractivity contribution in [3.8, 4) is 5.75 Å². The molecular formula is C32H28F6N4O3. The minimum atomic E-state index is -5.09. The van der Waals surface area contributed by atoms with E-state index in [1.165, 1.54) is 7.11 Å². The van der Waals surface area contributed by atoms with Crippen LogP contribution >= 0.6 is 0 Å². The van der Waals surface area contributed by atoms with Crippen LogP contribution < -0.4 is 26.2 Å². The molecule has 3 aliphatic rings. The summed E-state index contributed by atoms with van der Waals surface area (Å²) in [6.07, 6.45) is -3.25. The number of pyridine rings is 1. The molecule has 13 heteroatoms. The van der Waals surface area contributed by atoms with Crippen molar-refractivity contribution in [2.45, 2.75) is 37.3 Å². The molecule has 0 radical (unpaired) electrons. The Hall–Kier alpha value is -4.39. The molecule has 7 nitrogen and oxygen atoms in total. The second-order valence-electron chi connectivity index (χ2n) is 11.5.